The van der Waals surface area contributed by atoms with Crippen LogP contribution in [0.4, 0.5) is 0 Å². The van der Waals surface area contributed by atoms with Crippen LogP contribution >= 0.6 is 23.2 Å². The number of aryl methyl sites for hydroxylation is 2. The van der Waals surface area contributed by atoms with Gasteiger partial charge in [-0.05, 0) is 62.4 Å². The fraction of sp³-hybridized carbons (Fsp3) is 0.278. The van der Waals surface area contributed by atoms with Crippen molar-refractivity contribution >= 4 is 65.5 Å². The van der Waals surface area contributed by atoms with E-state index in [1.165, 1.54) is 24.3 Å². The van der Waals surface area contributed by atoms with Crippen LogP contribution in [-0.2, 0) is 55.9 Å². The Labute approximate surface area is 312 Å². The lowest BCUT2D eigenvalue weighted by molar-refractivity contribution is -0.681. The summed E-state index contributed by atoms with van der Waals surface area (Å²) in [5.74, 6) is 0. The van der Waals surface area contributed by atoms with Crippen molar-refractivity contribution in [1.82, 2.24) is 9.13 Å². The number of benzene rings is 4. The zero-order chi connectivity index (χ0) is 37.5. The van der Waals surface area contributed by atoms with E-state index in [0.29, 0.717) is 26.4 Å². The Balaban J connectivity index is 0.000000194. The van der Waals surface area contributed by atoms with Crippen LogP contribution in [0, 0.1) is 13.8 Å². The molecule has 0 N–H and O–H groups in total. The van der Waals surface area contributed by atoms with Gasteiger partial charge in [-0.2, -0.15) is 0 Å². The quantitative estimate of drug-likeness (QED) is 0.175. The Morgan fingerprint density at radius 3 is 1.31 bits per heavy atom. The van der Waals surface area contributed by atoms with Crippen LogP contribution in [0.15, 0.2) is 107 Å². The van der Waals surface area contributed by atoms with Gasteiger partial charge < -0.3 is 18.6 Å². The van der Waals surface area contributed by atoms with Gasteiger partial charge in [0, 0.05) is 22.2 Å². The lowest BCUT2D eigenvalue weighted by atomic mass is 10.2. The third kappa shape index (κ3) is 10.6. The summed E-state index contributed by atoms with van der Waals surface area (Å²) in [5.41, 5.74) is 6.39. The summed E-state index contributed by atoms with van der Waals surface area (Å²) in [6.07, 6.45) is 4.25. The molecule has 52 heavy (non-hydrogen) atoms. The van der Waals surface area contributed by atoms with Gasteiger partial charge in [-0.25, -0.2) is 35.1 Å². The maximum Gasteiger partial charge on any atom is 0.244 e. The third-order valence-corrected chi connectivity index (χ3v) is 10.4. The molecular weight excluding hydrogens is 751 g/mol. The molecular formula is C36H38Cl2N4O8S2. The van der Waals surface area contributed by atoms with E-state index in [1.54, 1.807) is 24.3 Å². The average Bonchev–Trinajstić information content (AvgIpc) is 3.60. The Morgan fingerprint density at radius 2 is 0.942 bits per heavy atom. The monoisotopic (exact) mass is 788 g/mol. The predicted molar refractivity (Wildman–Crippen MR) is 194 cm³/mol. The van der Waals surface area contributed by atoms with E-state index in [2.05, 4.69) is 43.1 Å². The first kappa shape index (κ1) is 39.3. The van der Waals surface area contributed by atoms with E-state index in [-0.39, 0.29) is 9.79 Å². The second-order valence-electron chi connectivity index (χ2n) is 12.0. The number of imidazole rings is 2. The molecule has 1 aliphatic rings. The molecule has 0 saturated carbocycles. The minimum absolute atomic E-state index is 0.178. The lowest BCUT2D eigenvalue weighted by Crippen LogP contribution is -2.37. The smallest absolute Gasteiger partial charge is 0.244 e. The summed E-state index contributed by atoms with van der Waals surface area (Å²) >= 11 is 12.5. The molecule has 4 aromatic carbocycles. The maximum atomic E-state index is 10.4. The highest BCUT2D eigenvalue weighted by atomic mass is 35.5. The van der Waals surface area contributed by atoms with Crippen LogP contribution in [0.5, 0.6) is 0 Å². The Morgan fingerprint density at radius 1 is 0.577 bits per heavy atom. The number of halogens is 2. The molecule has 3 heterocycles. The number of aromatic nitrogens is 4. The fourth-order valence-corrected chi connectivity index (χ4v) is 6.77. The van der Waals surface area contributed by atoms with Crippen LogP contribution < -0.4 is 9.13 Å². The molecule has 7 rings (SSSR count). The van der Waals surface area contributed by atoms with E-state index in [1.807, 2.05) is 38.1 Å². The molecule has 0 atom stereocenters. The molecule has 12 nitrogen and oxygen atoms in total. The first-order chi connectivity index (χ1) is 24.7. The van der Waals surface area contributed by atoms with Crippen LogP contribution in [0.1, 0.15) is 11.1 Å². The number of ether oxygens (including phenoxy) is 2. The molecule has 4 bridgehead atoms. The summed E-state index contributed by atoms with van der Waals surface area (Å²) in [5, 5.41) is 1.48. The zero-order valence-electron chi connectivity index (χ0n) is 28.5. The highest BCUT2D eigenvalue weighted by Gasteiger charge is 2.19. The van der Waals surface area contributed by atoms with Crippen LogP contribution in [-0.4, -0.2) is 61.5 Å². The van der Waals surface area contributed by atoms with Gasteiger partial charge in [0.2, 0.25) is 12.7 Å². The van der Waals surface area contributed by atoms with E-state index in [4.69, 9.17) is 32.7 Å². The highest BCUT2D eigenvalue weighted by Crippen LogP contribution is 2.19. The van der Waals surface area contributed by atoms with E-state index >= 15 is 0 Å². The molecule has 2 aromatic heterocycles. The third-order valence-electron chi connectivity index (χ3n) is 8.20. The molecule has 0 saturated heterocycles. The van der Waals surface area contributed by atoms with Gasteiger partial charge in [0.05, 0.1) is 36.2 Å². The number of hydrogen-bond acceptors (Lipinski definition) is 8. The molecule has 6 aromatic rings. The summed E-state index contributed by atoms with van der Waals surface area (Å²) < 4.78 is 83.1. The van der Waals surface area contributed by atoms with E-state index < -0.39 is 20.2 Å². The largest absolute Gasteiger partial charge is 0.744 e. The van der Waals surface area contributed by atoms with Gasteiger partial charge in [-0.3, -0.25) is 0 Å². The zero-order valence-corrected chi connectivity index (χ0v) is 31.7. The van der Waals surface area contributed by atoms with Crippen molar-refractivity contribution < 1.29 is 44.5 Å². The molecule has 0 aliphatic carbocycles. The molecule has 16 heteroatoms. The number of rotatable bonds is 2. The Kier molecular flexibility index (Phi) is 13.1. The summed E-state index contributed by atoms with van der Waals surface area (Å²) in [6, 6.07) is 23.6. The van der Waals surface area contributed by atoms with Gasteiger partial charge in [-0.15, -0.1) is 0 Å². The second kappa shape index (κ2) is 17.3. The number of nitrogens with zero attached hydrogens (tertiary/aromatic N) is 4. The molecule has 0 fully saturated rings. The van der Waals surface area contributed by atoms with E-state index in [0.717, 1.165) is 69.4 Å². The van der Waals surface area contributed by atoms with Crippen molar-refractivity contribution in [3.8, 4) is 0 Å². The molecule has 0 unspecified atom stereocenters. The second-order valence-corrected chi connectivity index (χ2v) is 15.7. The Hall–Kier alpha value is -3.86. The fourth-order valence-electron chi connectivity index (χ4n) is 5.50. The van der Waals surface area contributed by atoms with Crippen molar-refractivity contribution in [2.45, 2.75) is 49.8 Å². The molecule has 1 aliphatic heterocycles. The van der Waals surface area contributed by atoms with Crippen molar-refractivity contribution in [3.05, 3.63) is 119 Å². The van der Waals surface area contributed by atoms with Gasteiger partial charge in [0.15, 0.2) is 22.1 Å². The number of hydrogen-bond donors (Lipinski definition) is 0. The highest BCUT2D eigenvalue weighted by molar-refractivity contribution is 7.86. The minimum atomic E-state index is -4.27. The van der Waals surface area contributed by atoms with Gasteiger partial charge in [-0.1, -0.05) is 58.6 Å². The van der Waals surface area contributed by atoms with Crippen LogP contribution in [0.25, 0.3) is 22.1 Å². The van der Waals surface area contributed by atoms with E-state index in [9.17, 15) is 25.9 Å². The average molecular weight is 790 g/mol. The van der Waals surface area contributed by atoms with Gasteiger partial charge in [0.25, 0.3) is 0 Å². The van der Waals surface area contributed by atoms with Crippen molar-refractivity contribution in [2.75, 3.05) is 26.4 Å². The topological polar surface area (TPSA) is 150 Å². The summed E-state index contributed by atoms with van der Waals surface area (Å²) in [4.78, 5) is -0.355. The van der Waals surface area contributed by atoms with Gasteiger partial charge in [0.1, 0.15) is 46.4 Å². The van der Waals surface area contributed by atoms with Crippen molar-refractivity contribution in [2.24, 2.45) is 0 Å². The van der Waals surface area contributed by atoms with Crippen LogP contribution in [0.3, 0.4) is 0 Å². The Bertz CT molecular complexity index is 2200. The minimum Gasteiger partial charge on any atom is -0.744 e. The first-order valence-corrected chi connectivity index (χ1v) is 19.8. The lowest BCUT2D eigenvalue weighted by Gasteiger charge is -2.05. The SMILES string of the molecule is Cc1ccc(S(=O)(=O)[O-])cc1.Cc1ccc(S(=O)(=O)[O-])cc1.Clc1ccc2c(c1)n1c[n+]2CCOCC[n+]2cn(c3cc(Cl)ccc32)CCOCC1. The molecule has 0 spiro atoms. The normalized spacial score (nSPS) is 14.3. The van der Waals surface area contributed by atoms with Crippen LogP contribution in [0.2, 0.25) is 10.0 Å². The van der Waals surface area contributed by atoms with Gasteiger partial charge >= 0.3 is 0 Å². The number of fused-ring (bicyclic) bond motifs is 10. The maximum absolute atomic E-state index is 10.4. The predicted octanol–water partition coefficient (Wildman–Crippen LogP) is 5.02. The van der Waals surface area contributed by atoms with Crippen molar-refractivity contribution in [1.29, 1.82) is 0 Å². The summed E-state index contributed by atoms with van der Waals surface area (Å²) in [6.45, 7) is 9.30. The van der Waals surface area contributed by atoms with Crippen molar-refractivity contribution in [3.63, 3.8) is 0 Å². The first-order valence-electron chi connectivity index (χ1n) is 16.3. The standard InChI is InChI=1S/C22H24Cl2N4O2.2C7H8O3S/c23-17-1-3-19-21(13-17)27-7-11-30-12-8-28-16-26(6-10-29-9-5-25(19)15-27)20-4-2-18(24)14-22(20)28;2*1-6-2-4-7(5-3-6)11(8,9)10/h1-4,13-16H,5-12H2;2*2-5H,1H3,(H,8,9,10)/q+2;;/p-2. The molecule has 276 valence electrons. The molecule has 0 radical (unpaired) electrons. The summed E-state index contributed by atoms with van der Waals surface area (Å²) in [7, 11) is -8.54. The molecule has 0 amide bonds.